The Hall–Kier alpha value is -1.66. The fourth-order valence-electron chi connectivity index (χ4n) is 3.86. The molecule has 0 unspecified atom stereocenters. The molecule has 6 nitrogen and oxygen atoms in total. The zero-order chi connectivity index (χ0) is 15.6. The van der Waals surface area contributed by atoms with Gasteiger partial charge in [0.05, 0.1) is 5.69 Å². The molecule has 2 aromatic heterocycles. The molecule has 0 amide bonds. The van der Waals surface area contributed by atoms with Crippen LogP contribution in [0.5, 0.6) is 0 Å². The second-order valence-electron chi connectivity index (χ2n) is 6.81. The maximum atomic E-state index is 12.1. The van der Waals surface area contributed by atoms with Crippen LogP contribution >= 0.6 is 0 Å². The van der Waals surface area contributed by atoms with Gasteiger partial charge in [-0.15, -0.1) is 0 Å². The van der Waals surface area contributed by atoms with E-state index in [2.05, 4.69) is 15.0 Å². The summed E-state index contributed by atoms with van der Waals surface area (Å²) in [5.41, 5.74) is 1.66. The van der Waals surface area contributed by atoms with Crippen molar-refractivity contribution in [1.82, 2.24) is 19.5 Å². The topological polar surface area (TPSA) is 62.6 Å². The van der Waals surface area contributed by atoms with Crippen molar-refractivity contribution in [2.75, 3.05) is 32.8 Å². The minimum atomic E-state index is -0.0142. The van der Waals surface area contributed by atoms with Crippen molar-refractivity contribution in [2.45, 2.75) is 31.6 Å². The molecule has 124 valence electrons. The lowest BCUT2D eigenvalue weighted by Crippen LogP contribution is -2.38. The largest absolute Gasteiger partial charge is 0.381 e. The van der Waals surface area contributed by atoms with E-state index >= 15 is 0 Å². The molecular weight excluding hydrogens is 292 g/mol. The molecule has 0 atom stereocenters. The molecular formula is C17H24N4O2. The minimum Gasteiger partial charge on any atom is -0.381 e. The predicted octanol–water partition coefficient (Wildman–Crippen LogP) is 1.63. The molecule has 23 heavy (non-hydrogen) atoms. The van der Waals surface area contributed by atoms with Gasteiger partial charge in [-0.1, -0.05) is 0 Å². The van der Waals surface area contributed by atoms with E-state index in [1.165, 1.54) is 23.9 Å². The van der Waals surface area contributed by atoms with Gasteiger partial charge in [0.25, 0.3) is 5.56 Å². The molecule has 4 heterocycles. The zero-order valence-corrected chi connectivity index (χ0v) is 13.4. The van der Waals surface area contributed by atoms with Crippen molar-refractivity contribution in [1.29, 1.82) is 0 Å². The zero-order valence-electron chi connectivity index (χ0n) is 13.4. The lowest BCUT2D eigenvalue weighted by molar-refractivity contribution is 0.0487. The Balaban J connectivity index is 1.39. The van der Waals surface area contributed by atoms with E-state index in [1.54, 1.807) is 12.3 Å². The molecule has 2 saturated heterocycles. The number of piperidine rings is 1. The highest BCUT2D eigenvalue weighted by Gasteiger charge is 2.25. The summed E-state index contributed by atoms with van der Waals surface area (Å²) in [6.45, 7) is 5.26. The van der Waals surface area contributed by atoms with Crippen molar-refractivity contribution in [2.24, 2.45) is 5.92 Å². The quantitative estimate of drug-likeness (QED) is 0.935. The summed E-state index contributed by atoms with van der Waals surface area (Å²) in [7, 11) is 0. The Morgan fingerprint density at radius 1 is 1.22 bits per heavy atom. The van der Waals surface area contributed by atoms with Gasteiger partial charge in [-0.3, -0.25) is 9.89 Å². The van der Waals surface area contributed by atoms with Crippen molar-refractivity contribution in [3.05, 3.63) is 34.4 Å². The summed E-state index contributed by atoms with van der Waals surface area (Å²) in [6, 6.07) is 3.55. The van der Waals surface area contributed by atoms with Crippen LogP contribution in [0.25, 0.3) is 5.65 Å². The molecule has 0 spiro atoms. The molecule has 0 aromatic carbocycles. The van der Waals surface area contributed by atoms with Gasteiger partial charge in [0.2, 0.25) is 0 Å². The summed E-state index contributed by atoms with van der Waals surface area (Å²) in [6.07, 6.45) is 6.33. The average Bonchev–Trinajstić information content (AvgIpc) is 3.06. The van der Waals surface area contributed by atoms with E-state index in [4.69, 9.17) is 4.74 Å². The molecule has 0 radical (unpaired) electrons. The van der Waals surface area contributed by atoms with Gasteiger partial charge < -0.3 is 9.64 Å². The first-order valence-electron chi connectivity index (χ1n) is 8.67. The van der Waals surface area contributed by atoms with E-state index in [-0.39, 0.29) is 5.56 Å². The third kappa shape index (κ3) is 3.19. The summed E-state index contributed by atoms with van der Waals surface area (Å²) < 4.78 is 6.93. The minimum absolute atomic E-state index is 0.0142. The number of H-pyrrole nitrogens is 1. The lowest BCUT2D eigenvalue weighted by atomic mass is 9.91. The van der Waals surface area contributed by atoms with Gasteiger partial charge in [-0.25, -0.2) is 9.50 Å². The van der Waals surface area contributed by atoms with Crippen LogP contribution in [0.3, 0.4) is 0 Å². The fourth-order valence-corrected chi connectivity index (χ4v) is 3.86. The summed E-state index contributed by atoms with van der Waals surface area (Å²) in [5, 5.41) is 2.89. The predicted molar refractivity (Wildman–Crippen MR) is 87.8 cm³/mol. The van der Waals surface area contributed by atoms with Gasteiger partial charge >= 0.3 is 0 Å². The maximum Gasteiger partial charge on any atom is 0.272 e. The number of hydrogen-bond acceptors (Lipinski definition) is 4. The fraction of sp³-hybridized carbons (Fsp3) is 0.647. The van der Waals surface area contributed by atoms with Crippen LogP contribution in [0.1, 0.15) is 37.3 Å². The summed E-state index contributed by atoms with van der Waals surface area (Å²) >= 11 is 0. The third-order valence-corrected chi connectivity index (χ3v) is 5.26. The molecule has 4 rings (SSSR count). The van der Waals surface area contributed by atoms with Gasteiger partial charge in [-0.05, 0) is 44.7 Å². The van der Waals surface area contributed by atoms with Crippen LogP contribution in [-0.2, 0) is 4.74 Å². The van der Waals surface area contributed by atoms with Crippen molar-refractivity contribution in [3.8, 4) is 0 Å². The van der Waals surface area contributed by atoms with E-state index in [0.29, 0.717) is 5.92 Å². The number of nitrogens with one attached hydrogen (secondary N) is 1. The Morgan fingerprint density at radius 3 is 2.78 bits per heavy atom. The molecule has 1 N–H and O–H groups in total. The number of nitrogens with zero attached hydrogens (tertiary/aromatic N) is 3. The molecule has 2 aliphatic rings. The first-order valence-corrected chi connectivity index (χ1v) is 8.67. The number of hydrogen-bond donors (Lipinski definition) is 1. The Morgan fingerprint density at radius 2 is 2.00 bits per heavy atom. The van der Waals surface area contributed by atoms with Crippen LogP contribution in [0.2, 0.25) is 0 Å². The highest BCUT2D eigenvalue weighted by molar-refractivity contribution is 5.37. The van der Waals surface area contributed by atoms with Gasteiger partial charge in [0.15, 0.2) is 5.65 Å². The smallest absolute Gasteiger partial charge is 0.272 e. The van der Waals surface area contributed by atoms with Gasteiger partial charge in [0, 0.05) is 44.0 Å². The molecule has 6 heteroatoms. The van der Waals surface area contributed by atoms with E-state index in [9.17, 15) is 4.79 Å². The van der Waals surface area contributed by atoms with Crippen LogP contribution in [0, 0.1) is 5.92 Å². The standard InChI is InChI=1S/C17H24N4O2/c22-17-11-15(19-16-1-6-18-21(16)17)14-2-7-20(8-3-14)12-13-4-9-23-10-5-13/h1,6,11,13-14,18H,2-5,7-10,12H2. The van der Waals surface area contributed by atoms with E-state index in [1.807, 2.05) is 6.07 Å². The third-order valence-electron chi connectivity index (χ3n) is 5.26. The summed E-state index contributed by atoms with van der Waals surface area (Å²) in [4.78, 5) is 19.3. The highest BCUT2D eigenvalue weighted by Crippen LogP contribution is 2.27. The van der Waals surface area contributed by atoms with Crippen molar-refractivity contribution in [3.63, 3.8) is 0 Å². The molecule has 2 fully saturated rings. The second-order valence-corrected chi connectivity index (χ2v) is 6.81. The molecule has 0 bridgehead atoms. The van der Waals surface area contributed by atoms with Crippen molar-refractivity contribution < 1.29 is 4.74 Å². The molecule has 2 aromatic rings. The lowest BCUT2D eigenvalue weighted by Gasteiger charge is -2.35. The Labute approximate surface area is 135 Å². The SMILES string of the molecule is O=c1cc(C2CCN(CC3CCOCC3)CC2)nc2cc[nH]n12. The maximum absolute atomic E-state index is 12.1. The van der Waals surface area contributed by atoms with E-state index < -0.39 is 0 Å². The first-order chi connectivity index (χ1) is 11.3. The Kier molecular flexibility index (Phi) is 4.18. The van der Waals surface area contributed by atoms with Gasteiger partial charge in [-0.2, -0.15) is 0 Å². The molecule has 2 aliphatic heterocycles. The number of aromatic nitrogens is 3. The first kappa shape index (κ1) is 14.9. The highest BCUT2D eigenvalue weighted by atomic mass is 16.5. The summed E-state index contributed by atoms with van der Waals surface area (Å²) in [5.74, 6) is 1.20. The number of ether oxygens (including phenoxy) is 1. The van der Waals surface area contributed by atoms with Crippen LogP contribution in [0.4, 0.5) is 0 Å². The molecule has 0 saturated carbocycles. The van der Waals surface area contributed by atoms with Crippen molar-refractivity contribution >= 4 is 5.65 Å². The number of likely N-dealkylation sites (tertiary alicyclic amines) is 1. The second kappa shape index (κ2) is 6.45. The van der Waals surface area contributed by atoms with Crippen LogP contribution < -0.4 is 5.56 Å². The normalized spacial score (nSPS) is 21.9. The van der Waals surface area contributed by atoms with Crippen LogP contribution in [-0.4, -0.2) is 52.3 Å². The number of aromatic amines is 1. The number of fused-ring (bicyclic) bond motifs is 1. The monoisotopic (exact) mass is 316 g/mol. The van der Waals surface area contributed by atoms with Gasteiger partial charge in [0.1, 0.15) is 0 Å². The number of rotatable bonds is 3. The van der Waals surface area contributed by atoms with E-state index in [0.717, 1.165) is 56.4 Å². The molecule has 0 aliphatic carbocycles. The van der Waals surface area contributed by atoms with Crippen LogP contribution in [0.15, 0.2) is 23.1 Å². The average molecular weight is 316 g/mol. The Bertz CT molecular complexity index is 709.